The van der Waals surface area contributed by atoms with Gasteiger partial charge in [-0.15, -0.1) is 0 Å². The van der Waals surface area contributed by atoms with E-state index in [1.807, 2.05) is 6.07 Å². The predicted octanol–water partition coefficient (Wildman–Crippen LogP) is 2.51. The van der Waals surface area contributed by atoms with E-state index in [2.05, 4.69) is 53.3 Å². The van der Waals surface area contributed by atoms with Crippen LogP contribution in [-0.2, 0) is 9.84 Å². The van der Waals surface area contributed by atoms with Crippen LogP contribution in [0, 0.1) is 5.92 Å². The van der Waals surface area contributed by atoms with E-state index in [-0.39, 0.29) is 5.75 Å². The molecular weight excluding hydrogens is 334 g/mol. The van der Waals surface area contributed by atoms with Gasteiger partial charge in [0.05, 0.1) is 10.5 Å². The molecule has 1 aromatic rings. The summed E-state index contributed by atoms with van der Waals surface area (Å²) in [6.45, 7) is 9.76. The van der Waals surface area contributed by atoms with Crippen LogP contribution in [0.15, 0.2) is 35.3 Å². The summed E-state index contributed by atoms with van der Waals surface area (Å²) in [5.41, 5.74) is 1.31. The molecule has 1 heterocycles. The van der Waals surface area contributed by atoms with Crippen molar-refractivity contribution in [3.05, 3.63) is 35.9 Å². The number of hydrogen-bond donors (Lipinski definition) is 1. The van der Waals surface area contributed by atoms with Crippen molar-refractivity contribution in [2.75, 3.05) is 32.4 Å². The molecule has 0 radical (unpaired) electrons. The highest BCUT2D eigenvalue weighted by Crippen LogP contribution is 2.25. The Hall–Kier alpha value is -1.56. The van der Waals surface area contributed by atoms with Gasteiger partial charge in [-0.05, 0) is 25.3 Å². The van der Waals surface area contributed by atoms with Gasteiger partial charge < -0.3 is 10.2 Å². The van der Waals surface area contributed by atoms with E-state index in [0.29, 0.717) is 24.9 Å². The number of guanidine groups is 1. The number of hydrogen-bond acceptors (Lipinski definition) is 3. The Morgan fingerprint density at radius 2 is 1.92 bits per heavy atom. The van der Waals surface area contributed by atoms with Crippen molar-refractivity contribution in [3.8, 4) is 0 Å². The van der Waals surface area contributed by atoms with E-state index in [9.17, 15) is 8.42 Å². The molecule has 140 valence electrons. The topological polar surface area (TPSA) is 61.8 Å². The quantitative estimate of drug-likeness (QED) is 0.658. The standard InChI is InChI=1S/C19H31N3O2S/c1-15(2)17(16-9-7-6-8-10-16)13-21-18(20-5)22-11-12-25(23,24)19(3,4)14-22/h6-10,15,17H,11-14H2,1-5H3,(H,20,21). The second-order valence-corrected chi connectivity index (χ2v) is 10.4. The average Bonchev–Trinajstić information content (AvgIpc) is 2.55. The summed E-state index contributed by atoms with van der Waals surface area (Å²) in [6, 6.07) is 10.5. The normalized spacial score (nSPS) is 21.2. The zero-order chi connectivity index (χ0) is 18.7. The lowest BCUT2D eigenvalue weighted by atomic mass is 9.88. The molecule has 0 amide bonds. The monoisotopic (exact) mass is 365 g/mol. The largest absolute Gasteiger partial charge is 0.356 e. The van der Waals surface area contributed by atoms with Crippen LogP contribution in [0.4, 0.5) is 0 Å². The number of sulfone groups is 1. The van der Waals surface area contributed by atoms with E-state index in [0.717, 1.165) is 12.5 Å². The Balaban J connectivity index is 2.07. The van der Waals surface area contributed by atoms with Crippen molar-refractivity contribution in [2.45, 2.75) is 38.4 Å². The van der Waals surface area contributed by atoms with E-state index in [1.165, 1.54) is 5.56 Å². The maximum Gasteiger partial charge on any atom is 0.193 e. The highest BCUT2D eigenvalue weighted by Gasteiger charge is 2.41. The average molecular weight is 366 g/mol. The molecule has 2 rings (SSSR count). The van der Waals surface area contributed by atoms with Gasteiger partial charge in [-0.1, -0.05) is 44.2 Å². The van der Waals surface area contributed by atoms with Gasteiger partial charge >= 0.3 is 0 Å². The summed E-state index contributed by atoms with van der Waals surface area (Å²) in [7, 11) is -1.29. The number of nitrogens with zero attached hydrogens (tertiary/aromatic N) is 2. The molecule has 1 fully saturated rings. The van der Waals surface area contributed by atoms with Gasteiger partial charge in [0.1, 0.15) is 0 Å². The predicted molar refractivity (Wildman–Crippen MR) is 105 cm³/mol. The fourth-order valence-corrected chi connectivity index (χ4v) is 4.66. The van der Waals surface area contributed by atoms with Crippen LogP contribution in [0.1, 0.15) is 39.2 Å². The summed E-state index contributed by atoms with van der Waals surface area (Å²) in [6.07, 6.45) is 0. The molecule has 1 aliphatic heterocycles. The molecule has 1 atom stereocenters. The molecule has 1 aromatic carbocycles. The Kier molecular flexibility index (Phi) is 6.14. The van der Waals surface area contributed by atoms with E-state index >= 15 is 0 Å². The lowest BCUT2D eigenvalue weighted by molar-refractivity contribution is 0.350. The Bertz CT molecular complexity index is 697. The second kappa shape index (κ2) is 7.77. The Morgan fingerprint density at radius 1 is 1.28 bits per heavy atom. The Labute approximate surface area is 152 Å². The minimum atomic E-state index is -3.05. The van der Waals surface area contributed by atoms with Crippen LogP contribution in [0.5, 0.6) is 0 Å². The van der Waals surface area contributed by atoms with Gasteiger partial charge in [-0.2, -0.15) is 0 Å². The lowest BCUT2D eigenvalue weighted by Gasteiger charge is -2.39. The van der Waals surface area contributed by atoms with Crippen molar-refractivity contribution in [1.29, 1.82) is 0 Å². The first-order valence-corrected chi connectivity index (χ1v) is 10.6. The molecule has 25 heavy (non-hydrogen) atoms. The molecule has 5 nitrogen and oxygen atoms in total. The first-order chi connectivity index (χ1) is 11.7. The maximum atomic E-state index is 12.2. The first kappa shape index (κ1) is 19.8. The second-order valence-electron chi connectivity index (χ2n) is 7.69. The van der Waals surface area contributed by atoms with Crippen molar-refractivity contribution in [3.63, 3.8) is 0 Å². The molecule has 1 aliphatic rings. The lowest BCUT2D eigenvalue weighted by Crippen LogP contribution is -2.57. The molecule has 1 N–H and O–H groups in total. The molecule has 0 aliphatic carbocycles. The number of rotatable bonds is 4. The summed E-state index contributed by atoms with van der Waals surface area (Å²) in [4.78, 5) is 6.45. The third-order valence-corrected chi connectivity index (χ3v) is 7.60. The van der Waals surface area contributed by atoms with Gasteiger partial charge in [-0.25, -0.2) is 8.42 Å². The van der Waals surface area contributed by atoms with E-state index in [4.69, 9.17) is 0 Å². The van der Waals surface area contributed by atoms with Gasteiger partial charge in [0, 0.05) is 32.6 Å². The van der Waals surface area contributed by atoms with Crippen LogP contribution in [0.25, 0.3) is 0 Å². The molecule has 0 bridgehead atoms. The van der Waals surface area contributed by atoms with Gasteiger partial charge in [-0.3, -0.25) is 4.99 Å². The third kappa shape index (κ3) is 4.54. The molecule has 6 heteroatoms. The smallest absolute Gasteiger partial charge is 0.193 e. The molecule has 0 saturated carbocycles. The first-order valence-electron chi connectivity index (χ1n) is 8.91. The van der Waals surface area contributed by atoms with Gasteiger partial charge in [0.15, 0.2) is 15.8 Å². The zero-order valence-electron chi connectivity index (χ0n) is 16.0. The van der Waals surface area contributed by atoms with Crippen LogP contribution in [0.3, 0.4) is 0 Å². The van der Waals surface area contributed by atoms with Crippen molar-refractivity contribution < 1.29 is 8.42 Å². The number of benzene rings is 1. The van der Waals surface area contributed by atoms with E-state index in [1.54, 1.807) is 20.9 Å². The number of nitrogens with one attached hydrogen (secondary N) is 1. The van der Waals surface area contributed by atoms with E-state index < -0.39 is 14.6 Å². The highest BCUT2D eigenvalue weighted by molar-refractivity contribution is 7.92. The van der Waals surface area contributed by atoms with Gasteiger partial charge in [0.25, 0.3) is 0 Å². The summed E-state index contributed by atoms with van der Waals surface area (Å²) >= 11 is 0. The summed E-state index contributed by atoms with van der Waals surface area (Å²) in [5, 5.41) is 3.47. The van der Waals surface area contributed by atoms with Crippen LogP contribution in [0.2, 0.25) is 0 Å². The zero-order valence-corrected chi connectivity index (χ0v) is 16.8. The van der Waals surface area contributed by atoms with Crippen molar-refractivity contribution in [2.24, 2.45) is 10.9 Å². The van der Waals surface area contributed by atoms with Crippen LogP contribution < -0.4 is 5.32 Å². The van der Waals surface area contributed by atoms with Crippen LogP contribution >= 0.6 is 0 Å². The fourth-order valence-electron chi connectivity index (χ4n) is 3.30. The Morgan fingerprint density at radius 3 is 2.44 bits per heavy atom. The summed E-state index contributed by atoms with van der Waals surface area (Å²) < 4.78 is 23.7. The molecule has 1 unspecified atom stereocenters. The molecular formula is C19H31N3O2S. The minimum absolute atomic E-state index is 0.174. The van der Waals surface area contributed by atoms with Crippen molar-refractivity contribution in [1.82, 2.24) is 10.2 Å². The van der Waals surface area contributed by atoms with Crippen LogP contribution in [-0.4, -0.2) is 56.5 Å². The minimum Gasteiger partial charge on any atom is -0.356 e. The SMILES string of the molecule is CN=C(NCC(c1ccccc1)C(C)C)N1CCS(=O)(=O)C(C)(C)C1. The molecule has 0 spiro atoms. The number of aliphatic imine (C=N–C) groups is 1. The van der Waals surface area contributed by atoms with Crippen molar-refractivity contribution >= 4 is 15.8 Å². The third-order valence-electron chi connectivity index (χ3n) is 5.07. The molecule has 1 saturated heterocycles. The summed E-state index contributed by atoms with van der Waals surface area (Å²) in [5.74, 6) is 1.82. The maximum absolute atomic E-state index is 12.2. The van der Waals surface area contributed by atoms with Gasteiger partial charge in [0.2, 0.25) is 0 Å². The molecule has 0 aromatic heterocycles. The highest BCUT2D eigenvalue weighted by atomic mass is 32.2. The fraction of sp³-hybridized carbons (Fsp3) is 0.632.